The van der Waals surface area contributed by atoms with Crippen molar-refractivity contribution in [3.63, 3.8) is 0 Å². The van der Waals surface area contributed by atoms with E-state index in [0.29, 0.717) is 42.5 Å². The van der Waals surface area contributed by atoms with Crippen molar-refractivity contribution in [2.45, 2.75) is 161 Å². The number of hydrogen-bond donors (Lipinski definition) is 1. The number of aldehydes is 2. The molecular formula is C55H87NO5. The minimum absolute atomic E-state index is 0.0757. The third kappa shape index (κ3) is 43.2. The number of unbranched alkanes of at least 4 members (excludes halogenated alkanes) is 2. The van der Waals surface area contributed by atoms with Crippen LogP contribution in [0.2, 0.25) is 0 Å². The van der Waals surface area contributed by atoms with Gasteiger partial charge in [0.1, 0.15) is 12.6 Å². The minimum atomic E-state index is -0.182. The fourth-order valence-electron chi connectivity index (χ4n) is 4.19. The Hall–Kier alpha value is -4.68. The number of Topliss-reactive ketones (excluding diaryl/α,β-unsaturated/α-hetero) is 1. The normalized spacial score (nSPS) is 9.74. The second-order valence-corrected chi connectivity index (χ2v) is 15.4. The van der Waals surface area contributed by atoms with Gasteiger partial charge in [0.15, 0.2) is 5.78 Å². The summed E-state index contributed by atoms with van der Waals surface area (Å²) in [7, 11) is 1.97. The van der Waals surface area contributed by atoms with Gasteiger partial charge < -0.3 is 14.8 Å². The van der Waals surface area contributed by atoms with Crippen LogP contribution in [0.1, 0.15) is 189 Å². The molecule has 0 aliphatic heterocycles. The molecule has 0 amide bonds. The van der Waals surface area contributed by atoms with E-state index in [0.717, 1.165) is 43.3 Å². The predicted octanol–water partition coefficient (Wildman–Crippen LogP) is 15.1. The van der Waals surface area contributed by atoms with Crippen molar-refractivity contribution >= 4 is 24.3 Å². The maximum absolute atomic E-state index is 11.3. The van der Waals surface area contributed by atoms with Crippen molar-refractivity contribution in [3.05, 3.63) is 142 Å². The van der Waals surface area contributed by atoms with Gasteiger partial charge in [0.2, 0.25) is 0 Å². The number of aryl methyl sites for hydroxylation is 3. The Kier molecular flexibility index (Phi) is 46.3. The first-order valence-electron chi connectivity index (χ1n) is 22.5. The number of nitrogens with one attached hydrogen (secondary N) is 1. The van der Waals surface area contributed by atoms with Gasteiger partial charge in [0.05, 0.1) is 6.61 Å². The van der Waals surface area contributed by atoms with Gasteiger partial charge in [-0.25, -0.2) is 0 Å². The predicted molar refractivity (Wildman–Crippen MR) is 265 cm³/mol. The first-order valence-corrected chi connectivity index (χ1v) is 22.5. The molecule has 0 aliphatic carbocycles. The molecule has 6 heteroatoms. The molecule has 0 aromatic heterocycles. The number of carbonyl (C=O) groups is 4. The molecule has 0 bridgehead atoms. The molecule has 0 saturated heterocycles. The molecule has 0 spiro atoms. The Morgan fingerprint density at radius 3 is 1.48 bits per heavy atom. The number of ketones is 1. The number of rotatable bonds is 12. The SMILES string of the molecule is CC(C)C.CCC(=O)c1cc(C)cc(C=O)c1.CCC=O.CCCC.CCCCOC(C)=O.CCc1ccc(C(C)C)cc1.CN[C@H](C)c1ccccc1.Cc1ccccc1. The molecule has 61 heavy (non-hydrogen) atoms. The number of esters is 1. The van der Waals surface area contributed by atoms with E-state index in [4.69, 9.17) is 0 Å². The minimum Gasteiger partial charge on any atom is -0.466 e. The highest BCUT2D eigenvalue weighted by molar-refractivity contribution is 5.97. The summed E-state index contributed by atoms with van der Waals surface area (Å²) in [5, 5.41) is 3.18. The number of ether oxygens (including phenoxy) is 1. The molecule has 1 N–H and O–H groups in total. The van der Waals surface area contributed by atoms with Gasteiger partial charge in [-0.2, -0.15) is 0 Å². The van der Waals surface area contributed by atoms with E-state index in [-0.39, 0.29) is 11.8 Å². The number of carbonyl (C=O) groups excluding carboxylic acids is 4. The van der Waals surface area contributed by atoms with Gasteiger partial charge >= 0.3 is 5.97 Å². The zero-order chi connectivity index (χ0) is 47.4. The lowest BCUT2D eigenvalue weighted by molar-refractivity contribution is -0.141. The Morgan fingerprint density at radius 2 is 1.15 bits per heavy atom. The quantitative estimate of drug-likeness (QED) is 0.0661. The van der Waals surface area contributed by atoms with E-state index in [9.17, 15) is 19.2 Å². The Labute approximate surface area is 374 Å². The third-order valence-corrected chi connectivity index (χ3v) is 8.08. The van der Waals surface area contributed by atoms with E-state index in [1.807, 2.05) is 52.1 Å². The summed E-state index contributed by atoms with van der Waals surface area (Å²) in [5.74, 6) is 1.38. The fourth-order valence-corrected chi connectivity index (χ4v) is 4.19. The highest BCUT2D eigenvalue weighted by Gasteiger charge is 2.04. The Bertz CT molecular complexity index is 1580. The molecule has 6 nitrogen and oxygen atoms in total. The largest absolute Gasteiger partial charge is 0.466 e. The highest BCUT2D eigenvalue weighted by Crippen LogP contribution is 2.15. The van der Waals surface area contributed by atoms with Gasteiger partial charge in [-0.1, -0.05) is 186 Å². The summed E-state index contributed by atoms with van der Waals surface area (Å²) >= 11 is 0. The van der Waals surface area contributed by atoms with Gasteiger partial charge in [0, 0.05) is 36.9 Å². The summed E-state index contributed by atoms with van der Waals surface area (Å²) < 4.78 is 4.64. The molecule has 4 aromatic carbocycles. The van der Waals surface area contributed by atoms with E-state index >= 15 is 0 Å². The van der Waals surface area contributed by atoms with Crippen molar-refractivity contribution in [2.24, 2.45) is 5.92 Å². The van der Waals surface area contributed by atoms with E-state index < -0.39 is 0 Å². The van der Waals surface area contributed by atoms with Crippen molar-refractivity contribution in [1.29, 1.82) is 0 Å². The number of benzene rings is 4. The van der Waals surface area contributed by atoms with Gasteiger partial charge in [0.25, 0.3) is 0 Å². The lowest BCUT2D eigenvalue weighted by Gasteiger charge is -2.08. The molecule has 0 aliphatic rings. The summed E-state index contributed by atoms with van der Waals surface area (Å²) in [6, 6.07) is 35.2. The Morgan fingerprint density at radius 1 is 0.656 bits per heavy atom. The lowest BCUT2D eigenvalue weighted by Crippen LogP contribution is -2.11. The van der Waals surface area contributed by atoms with Gasteiger partial charge in [-0.15, -0.1) is 0 Å². The van der Waals surface area contributed by atoms with Crippen LogP contribution in [0, 0.1) is 19.8 Å². The summed E-state index contributed by atoms with van der Waals surface area (Å²) in [6.45, 7) is 31.3. The zero-order valence-electron chi connectivity index (χ0n) is 41.4. The molecule has 0 unspecified atom stereocenters. The standard InChI is InChI=1S/C11H12O2.C11H16.C9H13N.C7H8.C6H12O2.2C4H10.C3H6O/c1-3-11(13)10-5-8(2)4-9(6-10)7-12;1-4-10-5-7-11(8-6-10)9(2)3;1-8(10-2)9-6-4-3-5-7-9;1-7-5-3-2-4-6-7;1-3-4-5-8-6(2)7;1-4(2)3;1-3-4-2;1-2-3-4/h4-7H,3H2,1-2H3;5-9H,4H2,1-3H3;3-8,10H,1-2H3;2-6H,1H3;3-5H2,1-2H3;4H,1-3H3;3-4H2,1-2H3;3H,2H2,1H3/t;;8-;;;;;/m..1...../s1. The van der Waals surface area contributed by atoms with Crippen LogP contribution in [-0.2, 0) is 20.7 Å². The Balaban J connectivity index is -0.000000315. The average molecular weight is 842 g/mol. The third-order valence-electron chi connectivity index (χ3n) is 8.08. The first-order chi connectivity index (χ1) is 29.0. The fraction of sp³-hybridized carbons (Fsp3) is 0.491. The average Bonchev–Trinajstić information content (AvgIpc) is 3.27. The van der Waals surface area contributed by atoms with Crippen molar-refractivity contribution in [1.82, 2.24) is 5.32 Å². The van der Waals surface area contributed by atoms with Crippen molar-refractivity contribution in [3.8, 4) is 0 Å². The molecule has 4 rings (SSSR count). The van der Waals surface area contributed by atoms with Crippen LogP contribution in [0.5, 0.6) is 0 Å². The van der Waals surface area contributed by atoms with Crippen molar-refractivity contribution in [2.75, 3.05) is 13.7 Å². The van der Waals surface area contributed by atoms with Crippen LogP contribution in [0.3, 0.4) is 0 Å². The zero-order valence-corrected chi connectivity index (χ0v) is 41.4. The summed E-state index contributed by atoms with van der Waals surface area (Å²) in [5.41, 5.74) is 7.66. The van der Waals surface area contributed by atoms with Crippen LogP contribution in [0.15, 0.2) is 103 Å². The molecule has 342 valence electrons. The highest BCUT2D eigenvalue weighted by atomic mass is 16.5. The molecule has 0 heterocycles. The summed E-state index contributed by atoms with van der Waals surface area (Å²) in [6.07, 6.45) is 8.58. The molecule has 4 aromatic rings. The van der Waals surface area contributed by atoms with Crippen LogP contribution in [0.25, 0.3) is 0 Å². The molecule has 0 radical (unpaired) electrons. The maximum Gasteiger partial charge on any atom is 0.302 e. The maximum atomic E-state index is 11.3. The van der Waals surface area contributed by atoms with Crippen LogP contribution in [0.4, 0.5) is 0 Å². The molecule has 0 fully saturated rings. The summed E-state index contributed by atoms with van der Waals surface area (Å²) in [4.78, 5) is 41.1. The van der Waals surface area contributed by atoms with E-state index in [2.05, 4.69) is 147 Å². The topological polar surface area (TPSA) is 89.5 Å². The van der Waals surface area contributed by atoms with Crippen LogP contribution >= 0.6 is 0 Å². The van der Waals surface area contributed by atoms with E-state index in [1.54, 1.807) is 18.2 Å². The number of hydrogen-bond acceptors (Lipinski definition) is 6. The van der Waals surface area contributed by atoms with Crippen LogP contribution in [-0.4, -0.2) is 38.0 Å². The molecule has 1 atom stereocenters. The van der Waals surface area contributed by atoms with E-state index in [1.165, 1.54) is 42.0 Å². The van der Waals surface area contributed by atoms with Crippen molar-refractivity contribution < 1.29 is 23.9 Å². The van der Waals surface area contributed by atoms with Gasteiger partial charge in [-0.3, -0.25) is 14.4 Å². The molecule has 0 saturated carbocycles. The monoisotopic (exact) mass is 842 g/mol. The second-order valence-electron chi connectivity index (χ2n) is 15.4. The lowest BCUT2D eigenvalue weighted by atomic mass is 10.0. The van der Waals surface area contributed by atoms with Crippen LogP contribution < -0.4 is 5.32 Å². The second kappa shape index (κ2) is 44.9. The molecular weight excluding hydrogens is 755 g/mol. The smallest absolute Gasteiger partial charge is 0.302 e. The first kappa shape index (κ1) is 63.0. The van der Waals surface area contributed by atoms with Gasteiger partial charge in [-0.05, 0) is 92.9 Å².